The number of hydrogen-bond donors (Lipinski definition) is 2. The van der Waals surface area contributed by atoms with Gasteiger partial charge in [-0.25, -0.2) is 4.39 Å². The molecule has 0 heterocycles. The Morgan fingerprint density at radius 3 is 2.64 bits per heavy atom. The van der Waals surface area contributed by atoms with Crippen molar-refractivity contribution < 1.29 is 23.8 Å². The van der Waals surface area contributed by atoms with Gasteiger partial charge in [0.2, 0.25) is 0 Å². The quantitative estimate of drug-likeness (QED) is 0.427. The SMILES string of the molecule is CC(N)c1cccc(-c2cc(COc3ccccc3CC(=O)O)cc(OCC3CC3)c2)c1F. The highest BCUT2D eigenvalue weighted by Crippen LogP contribution is 2.34. The Bertz CT molecular complexity index is 1140. The third-order valence-electron chi connectivity index (χ3n) is 5.69. The van der Waals surface area contributed by atoms with Crippen molar-refractivity contribution in [1.29, 1.82) is 0 Å². The van der Waals surface area contributed by atoms with Gasteiger partial charge in [0.25, 0.3) is 0 Å². The number of halogens is 1. The van der Waals surface area contributed by atoms with E-state index in [0.717, 1.165) is 5.56 Å². The molecule has 1 fully saturated rings. The molecule has 3 aromatic rings. The zero-order chi connectivity index (χ0) is 23.4. The van der Waals surface area contributed by atoms with Crippen molar-refractivity contribution in [1.82, 2.24) is 0 Å². The lowest BCUT2D eigenvalue weighted by molar-refractivity contribution is -0.136. The first-order valence-corrected chi connectivity index (χ1v) is 11.1. The van der Waals surface area contributed by atoms with Crippen LogP contribution < -0.4 is 15.2 Å². The molecular weight excluding hydrogens is 421 g/mol. The molecule has 172 valence electrons. The smallest absolute Gasteiger partial charge is 0.307 e. The van der Waals surface area contributed by atoms with Crippen LogP contribution in [0.4, 0.5) is 4.39 Å². The summed E-state index contributed by atoms with van der Waals surface area (Å²) in [5, 5.41) is 9.16. The molecule has 1 saturated carbocycles. The molecule has 1 unspecified atom stereocenters. The first kappa shape index (κ1) is 22.8. The number of carboxylic acid groups (broad SMARTS) is 1. The highest BCUT2D eigenvalue weighted by molar-refractivity contribution is 5.71. The fourth-order valence-corrected chi connectivity index (χ4v) is 3.72. The number of rotatable bonds is 10. The zero-order valence-electron chi connectivity index (χ0n) is 18.6. The van der Waals surface area contributed by atoms with E-state index in [9.17, 15) is 4.79 Å². The molecule has 6 heteroatoms. The Kier molecular flexibility index (Phi) is 6.94. The maximum Gasteiger partial charge on any atom is 0.307 e. The van der Waals surface area contributed by atoms with Crippen LogP contribution in [0.15, 0.2) is 60.7 Å². The van der Waals surface area contributed by atoms with Crippen LogP contribution in [-0.4, -0.2) is 17.7 Å². The molecule has 3 N–H and O–H groups in total. The third-order valence-corrected chi connectivity index (χ3v) is 5.69. The second-order valence-electron chi connectivity index (χ2n) is 8.58. The lowest BCUT2D eigenvalue weighted by Gasteiger charge is -2.15. The first-order chi connectivity index (χ1) is 15.9. The zero-order valence-corrected chi connectivity index (χ0v) is 18.6. The van der Waals surface area contributed by atoms with Crippen LogP contribution >= 0.6 is 0 Å². The van der Waals surface area contributed by atoms with Crippen molar-refractivity contribution in [2.24, 2.45) is 11.7 Å². The summed E-state index contributed by atoms with van der Waals surface area (Å²) >= 11 is 0. The van der Waals surface area contributed by atoms with E-state index in [1.165, 1.54) is 12.8 Å². The Labute approximate surface area is 193 Å². The van der Waals surface area contributed by atoms with Crippen LogP contribution in [-0.2, 0) is 17.8 Å². The summed E-state index contributed by atoms with van der Waals surface area (Å²) in [6, 6.07) is 17.5. The summed E-state index contributed by atoms with van der Waals surface area (Å²) in [6.07, 6.45) is 2.21. The average molecular weight is 450 g/mol. The van der Waals surface area contributed by atoms with Gasteiger partial charge in [-0.05, 0) is 61.1 Å². The van der Waals surface area contributed by atoms with E-state index in [4.69, 9.17) is 20.3 Å². The number of ether oxygens (including phenoxy) is 2. The molecule has 3 aromatic carbocycles. The van der Waals surface area contributed by atoms with Crippen molar-refractivity contribution in [3.8, 4) is 22.6 Å². The number of carboxylic acids is 1. The highest BCUT2D eigenvalue weighted by atomic mass is 19.1. The molecule has 5 nitrogen and oxygen atoms in total. The van der Waals surface area contributed by atoms with Gasteiger partial charge in [0.1, 0.15) is 23.9 Å². The van der Waals surface area contributed by atoms with E-state index in [1.54, 1.807) is 49.4 Å². The number of para-hydroxylation sites is 1. The Morgan fingerprint density at radius 1 is 1.12 bits per heavy atom. The van der Waals surface area contributed by atoms with Gasteiger partial charge >= 0.3 is 5.97 Å². The van der Waals surface area contributed by atoms with Gasteiger partial charge in [-0.15, -0.1) is 0 Å². The third kappa shape index (κ3) is 5.90. The minimum atomic E-state index is -0.923. The summed E-state index contributed by atoms with van der Waals surface area (Å²) in [7, 11) is 0. The normalized spacial score (nSPS) is 14.0. The summed E-state index contributed by atoms with van der Waals surface area (Å²) < 4.78 is 27.2. The Morgan fingerprint density at radius 2 is 1.91 bits per heavy atom. The molecule has 0 bridgehead atoms. The summed E-state index contributed by atoms with van der Waals surface area (Å²) in [6.45, 7) is 2.58. The van der Waals surface area contributed by atoms with Crippen molar-refractivity contribution in [2.45, 2.75) is 38.8 Å². The molecule has 0 aliphatic heterocycles. The summed E-state index contributed by atoms with van der Waals surface area (Å²) in [4.78, 5) is 11.2. The van der Waals surface area contributed by atoms with Gasteiger partial charge in [0, 0.05) is 22.7 Å². The van der Waals surface area contributed by atoms with E-state index in [0.29, 0.717) is 46.3 Å². The topological polar surface area (TPSA) is 81.8 Å². The number of aliphatic carboxylic acids is 1. The predicted molar refractivity (Wildman–Crippen MR) is 125 cm³/mol. The number of hydrogen-bond acceptors (Lipinski definition) is 4. The molecule has 1 aliphatic carbocycles. The number of nitrogens with two attached hydrogens (primary N) is 1. The monoisotopic (exact) mass is 449 g/mol. The van der Waals surface area contributed by atoms with E-state index in [1.807, 2.05) is 18.2 Å². The first-order valence-electron chi connectivity index (χ1n) is 11.1. The standard InChI is InChI=1S/C27H28FNO4/c1-17(29)23-6-4-7-24(27(23)28)21-11-19(12-22(13-21)32-15-18-9-10-18)16-33-25-8-3-2-5-20(25)14-26(30)31/h2-8,11-13,17-18H,9-10,14-16,29H2,1H3,(H,30,31). The lowest BCUT2D eigenvalue weighted by atomic mass is 9.97. The molecule has 1 atom stereocenters. The van der Waals surface area contributed by atoms with Crippen molar-refractivity contribution in [2.75, 3.05) is 6.61 Å². The minimum absolute atomic E-state index is 0.124. The van der Waals surface area contributed by atoms with Crippen LogP contribution in [0.2, 0.25) is 0 Å². The van der Waals surface area contributed by atoms with Crippen LogP contribution in [0.3, 0.4) is 0 Å². The molecule has 33 heavy (non-hydrogen) atoms. The number of carbonyl (C=O) groups is 1. The van der Waals surface area contributed by atoms with Crippen molar-refractivity contribution >= 4 is 5.97 Å². The van der Waals surface area contributed by atoms with Crippen LogP contribution in [0.1, 0.15) is 42.5 Å². The predicted octanol–water partition coefficient (Wildman–Crippen LogP) is 5.51. The van der Waals surface area contributed by atoms with Gasteiger partial charge in [-0.3, -0.25) is 4.79 Å². The average Bonchev–Trinajstić information content (AvgIpc) is 3.61. The van der Waals surface area contributed by atoms with E-state index < -0.39 is 12.0 Å². The molecule has 1 aliphatic rings. The fraction of sp³-hybridized carbons (Fsp3) is 0.296. The van der Waals surface area contributed by atoms with E-state index in [2.05, 4.69) is 0 Å². The number of benzene rings is 3. The van der Waals surface area contributed by atoms with Crippen molar-refractivity contribution in [3.05, 3.63) is 83.2 Å². The van der Waals surface area contributed by atoms with Gasteiger partial charge in [-0.1, -0.05) is 36.4 Å². The van der Waals surface area contributed by atoms with Gasteiger partial charge in [0.15, 0.2) is 0 Å². The Balaban J connectivity index is 1.63. The van der Waals surface area contributed by atoms with E-state index >= 15 is 4.39 Å². The van der Waals surface area contributed by atoms with Crippen LogP contribution in [0, 0.1) is 11.7 Å². The minimum Gasteiger partial charge on any atom is -0.493 e. The lowest BCUT2D eigenvalue weighted by Crippen LogP contribution is -2.08. The summed E-state index contributed by atoms with van der Waals surface area (Å²) in [5.74, 6) is 0.478. The van der Waals surface area contributed by atoms with Gasteiger partial charge in [-0.2, -0.15) is 0 Å². The second-order valence-corrected chi connectivity index (χ2v) is 8.58. The highest BCUT2D eigenvalue weighted by Gasteiger charge is 2.22. The molecule has 0 saturated heterocycles. The maximum absolute atomic E-state index is 15.2. The van der Waals surface area contributed by atoms with Crippen LogP contribution in [0.25, 0.3) is 11.1 Å². The molecule has 0 spiro atoms. The molecular formula is C27H28FNO4. The maximum atomic E-state index is 15.2. The fourth-order valence-electron chi connectivity index (χ4n) is 3.72. The molecule has 0 aromatic heterocycles. The molecule has 4 rings (SSSR count). The summed E-state index contributed by atoms with van der Waals surface area (Å²) in [5.41, 5.74) is 8.93. The Hall–Kier alpha value is -3.38. The molecule has 0 radical (unpaired) electrons. The van der Waals surface area contributed by atoms with Gasteiger partial charge in [0.05, 0.1) is 13.0 Å². The van der Waals surface area contributed by atoms with Gasteiger partial charge < -0.3 is 20.3 Å². The second kappa shape index (κ2) is 10.0. The van der Waals surface area contributed by atoms with Crippen molar-refractivity contribution in [3.63, 3.8) is 0 Å². The van der Waals surface area contributed by atoms with Crippen LogP contribution in [0.5, 0.6) is 11.5 Å². The van der Waals surface area contributed by atoms with E-state index in [-0.39, 0.29) is 18.8 Å². The molecule has 0 amide bonds. The largest absolute Gasteiger partial charge is 0.493 e.